The van der Waals surface area contributed by atoms with Crippen molar-refractivity contribution >= 4 is 12.2 Å². The van der Waals surface area contributed by atoms with Crippen LogP contribution in [-0.2, 0) is 6.42 Å². The molecule has 0 aliphatic heterocycles. The summed E-state index contributed by atoms with van der Waals surface area (Å²) in [6.45, 7) is 5.76. The summed E-state index contributed by atoms with van der Waals surface area (Å²) in [5.41, 5.74) is 3.08. The second-order valence-corrected chi connectivity index (χ2v) is 4.79. The van der Waals surface area contributed by atoms with E-state index in [4.69, 9.17) is 12.2 Å². The number of halogens is 1. The summed E-state index contributed by atoms with van der Waals surface area (Å²) in [6, 6.07) is 5.20. The number of benzene rings is 1. The third-order valence-electron chi connectivity index (χ3n) is 2.83. The molecule has 2 rings (SSSR count). The van der Waals surface area contributed by atoms with Gasteiger partial charge < -0.3 is 4.98 Å². The van der Waals surface area contributed by atoms with Crippen LogP contribution in [0.15, 0.2) is 18.2 Å². The average molecular weight is 262 g/mol. The Kier molecular flexibility index (Phi) is 3.57. The number of aryl methyl sites for hydroxylation is 3. The molecule has 1 aromatic carbocycles. The number of rotatable bonds is 2. The lowest BCUT2D eigenvalue weighted by Crippen LogP contribution is -1.99. The lowest BCUT2D eigenvalue weighted by atomic mass is 10.0. The van der Waals surface area contributed by atoms with Crippen LogP contribution >= 0.6 is 12.2 Å². The second-order valence-electron chi connectivity index (χ2n) is 4.37. The van der Waals surface area contributed by atoms with Crippen LogP contribution in [0.3, 0.4) is 0 Å². The smallest absolute Gasteiger partial charge is 0.133 e. The molecule has 94 valence electrons. The van der Waals surface area contributed by atoms with Crippen LogP contribution in [0.5, 0.6) is 0 Å². The molecule has 1 aromatic heterocycles. The van der Waals surface area contributed by atoms with Crippen molar-refractivity contribution in [3.8, 4) is 11.3 Å². The molecule has 0 aliphatic carbocycles. The zero-order chi connectivity index (χ0) is 13.3. The van der Waals surface area contributed by atoms with Gasteiger partial charge >= 0.3 is 0 Å². The molecule has 4 heteroatoms. The third kappa shape index (κ3) is 2.48. The van der Waals surface area contributed by atoms with Gasteiger partial charge in [0, 0.05) is 12.0 Å². The van der Waals surface area contributed by atoms with Crippen molar-refractivity contribution in [3.05, 3.63) is 45.6 Å². The Morgan fingerprint density at radius 3 is 2.61 bits per heavy atom. The first-order valence-corrected chi connectivity index (χ1v) is 6.29. The standard InChI is InChI=1S/C14H15FN2S/c1-4-12-16-11(7-13(18)17-12)14-9(3)5-8(2)6-10(14)15/h5-7H,4H2,1-3H3,(H,16,17,18). The molecule has 0 amide bonds. The van der Waals surface area contributed by atoms with Gasteiger partial charge in [-0.2, -0.15) is 0 Å². The Morgan fingerprint density at radius 2 is 2.00 bits per heavy atom. The minimum atomic E-state index is -0.230. The molecule has 0 spiro atoms. The first-order chi connectivity index (χ1) is 8.51. The van der Waals surface area contributed by atoms with Crippen LogP contribution in [-0.4, -0.2) is 9.97 Å². The average Bonchev–Trinajstić information content (AvgIpc) is 2.26. The van der Waals surface area contributed by atoms with Crippen molar-refractivity contribution in [2.45, 2.75) is 27.2 Å². The number of nitrogens with zero attached hydrogens (tertiary/aromatic N) is 1. The SMILES string of the molecule is CCc1nc(=S)cc(-c2c(C)cc(C)cc2F)[nH]1. The molecule has 2 aromatic rings. The van der Waals surface area contributed by atoms with E-state index in [1.54, 1.807) is 6.07 Å². The van der Waals surface area contributed by atoms with Crippen LogP contribution in [0.25, 0.3) is 11.3 Å². The molecule has 1 heterocycles. The fraction of sp³-hybridized carbons (Fsp3) is 0.286. The number of hydrogen-bond donors (Lipinski definition) is 1. The molecule has 0 radical (unpaired) electrons. The molecule has 0 aliphatic rings. The van der Waals surface area contributed by atoms with Crippen LogP contribution in [0.1, 0.15) is 23.9 Å². The topological polar surface area (TPSA) is 28.7 Å². The molecule has 0 unspecified atom stereocenters. The van der Waals surface area contributed by atoms with Gasteiger partial charge in [0.2, 0.25) is 0 Å². The van der Waals surface area contributed by atoms with Crippen molar-refractivity contribution < 1.29 is 4.39 Å². The van der Waals surface area contributed by atoms with Crippen LogP contribution in [0.4, 0.5) is 4.39 Å². The highest BCUT2D eigenvalue weighted by molar-refractivity contribution is 7.71. The summed E-state index contributed by atoms with van der Waals surface area (Å²) >= 11 is 5.11. The highest BCUT2D eigenvalue weighted by Gasteiger charge is 2.11. The minimum Gasteiger partial charge on any atom is -0.343 e. The van der Waals surface area contributed by atoms with E-state index in [2.05, 4.69) is 9.97 Å². The fourth-order valence-corrected chi connectivity index (χ4v) is 2.30. The molecule has 18 heavy (non-hydrogen) atoms. The van der Waals surface area contributed by atoms with Gasteiger partial charge in [0.05, 0.1) is 5.69 Å². The summed E-state index contributed by atoms with van der Waals surface area (Å²) in [5.74, 6) is 0.545. The van der Waals surface area contributed by atoms with E-state index in [-0.39, 0.29) is 5.82 Å². The summed E-state index contributed by atoms with van der Waals surface area (Å²) in [7, 11) is 0. The highest BCUT2D eigenvalue weighted by atomic mass is 32.1. The molecule has 1 N–H and O–H groups in total. The minimum absolute atomic E-state index is 0.230. The van der Waals surface area contributed by atoms with Crippen LogP contribution < -0.4 is 0 Å². The first-order valence-electron chi connectivity index (χ1n) is 5.88. The van der Waals surface area contributed by atoms with Gasteiger partial charge in [0.1, 0.15) is 16.3 Å². The number of aromatic nitrogens is 2. The molecular formula is C14H15FN2S. The molecule has 0 saturated carbocycles. The van der Waals surface area contributed by atoms with Gasteiger partial charge in [-0.3, -0.25) is 0 Å². The monoisotopic (exact) mass is 262 g/mol. The number of hydrogen-bond acceptors (Lipinski definition) is 2. The van der Waals surface area contributed by atoms with E-state index in [0.29, 0.717) is 15.9 Å². The van der Waals surface area contributed by atoms with Crippen LogP contribution in [0, 0.1) is 24.3 Å². The molecular weight excluding hydrogens is 247 g/mol. The Hall–Kier alpha value is -1.55. The van der Waals surface area contributed by atoms with E-state index in [1.807, 2.05) is 26.8 Å². The van der Waals surface area contributed by atoms with Crippen LogP contribution in [0.2, 0.25) is 0 Å². The largest absolute Gasteiger partial charge is 0.343 e. The summed E-state index contributed by atoms with van der Waals surface area (Å²) < 4.78 is 14.6. The number of H-pyrrole nitrogens is 1. The second kappa shape index (κ2) is 4.98. The summed E-state index contributed by atoms with van der Waals surface area (Å²) in [5, 5.41) is 0. The fourth-order valence-electron chi connectivity index (χ4n) is 2.07. The zero-order valence-corrected chi connectivity index (χ0v) is 11.5. The van der Waals surface area contributed by atoms with Gasteiger partial charge in [-0.25, -0.2) is 9.37 Å². The van der Waals surface area contributed by atoms with Crippen molar-refractivity contribution in [1.82, 2.24) is 9.97 Å². The van der Waals surface area contributed by atoms with Gasteiger partial charge in [0.25, 0.3) is 0 Å². The Morgan fingerprint density at radius 1 is 1.28 bits per heavy atom. The quantitative estimate of drug-likeness (QED) is 0.825. The van der Waals surface area contributed by atoms with E-state index in [9.17, 15) is 4.39 Å². The molecule has 2 nitrogen and oxygen atoms in total. The Labute approximate surface area is 111 Å². The lowest BCUT2D eigenvalue weighted by molar-refractivity contribution is 0.628. The maximum atomic E-state index is 14.1. The predicted molar refractivity (Wildman–Crippen MR) is 73.7 cm³/mol. The normalized spacial score (nSPS) is 10.7. The van der Waals surface area contributed by atoms with Gasteiger partial charge in [0.15, 0.2) is 0 Å². The van der Waals surface area contributed by atoms with E-state index in [0.717, 1.165) is 23.4 Å². The molecule has 0 fully saturated rings. The maximum Gasteiger partial charge on any atom is 0.133 e. The molecule has 0 bridgehead atoms. The van der Waals surface area contributed by atoms with E-state index < -0.39 is 0 Å². The zero-order valence-electron chi connectivity index (χ0n) is 10.7. The third-order valence-corrected chi connectivity index (χ3v) is 3.04. The number of nitrogens with one attached hydrogen (secondary N) is 1. The molecule has 0 atom stereocenters. The van der Waals surface area contributed by atoms with Crippen molar-refractivity contribution in [2.75, 3.05) is 0 Å². The first kappa shape index (κ1) is 12.9. The van der Waals surface area contributed by atoms with Gasteiger partial charge in [-0.15, -0.1) is 0 Å². The van der Waals surface area contributed by atoms with E-state index >= 15 is 0 Å². The molecule has 0 saturated heterocycles. The van der Waals surface area contributed by atoms with Crippen molar-refractivity contribution in [3.63, 3.8) is 0 Å². The van der Waals surface area contributed by atoms with Crippen molar-refractivity contribution in [1.29, 1.82) is 0 Å². The maximum absolute atomic E-state index is 14.1. The van der Waals surface area contributed by atoms with Crippen molar-refractivity contribution in [2.24, 2.45) is 0 Å². The predicted octanol–water partition coefficient (Wildman–Crippen LogP) is 4.12. The number of aromatic amines is 1. The highest BCUT2D eigenvalue weighted by Crippen LogP contribution is 2.26. The van der Waals surface area contributed by atoms with Gasteiger partial charge in [-0.1, -0.05) is 25.2 Å². The summed E-state index contributed by atoms with van der Waals surface area (Å²) in [6.07, 6.45) is 0.740. The summed E-state index contributed by atoms with van der Waals surface area (Å²) in [4.78, 5) is 7.33. The lowest BCUT2D eigenvalue weighted by Gasteiger charge is -2.10. The Balaban J connectivity index is 2.69. The Bertz CT molecular complexity index is 623. The van der Waals surface area contributed by atoms with Gasteiger partial charge in [-0.05, 0) is 37.1 Å². The van der Waals surface area contributed by atoms with E-state index in [1.165, 1.54) is 6.07 Å².